The number of hydrogen-bond donors (Lipinski definition) is 1. The zero-order chi connectivity index (χ0) is 34.3. The molecule has 0 fully saturated rings. The number of esters is 1. The van der Waals surface area contributed by atoms with Crippen molar-refractivity contribution in [1.82, 2.24) is 9.88 Å². The van der Waals surface area contributed by atoms with Crippen LogP contribution in [0.4, 0.5) is 5.69 Å². The Kier molecular flexibility index (Phi) is 10.5. The van der Waals surface area contributed by atoms with Crippen LogP contribution in [0.25, 0.3) is 21.8 Å². The normalized spacial score (nSPS) is 15.5. The summed E-state index contributed by atoms with van der Waals surface area (Å²) in [4.78, 5) is 40.7. The molecule has 1 aromatic heterocycles. The average molecular weight is 662 g/mol. The monoisotopic (exact) mass is 661 g/mol. The Morgan fingerprint density at radius 3 is 2.16 bits per heavy atom. The van der Waals surface area contributed by atoms with Crippen molar-refractivity contribution in [3.63, 3.8) is 0 Å². The molecule has 2 heterocycles. The molecular formula is C40H43N3O6. The number of para-hydroxylation sites is 3. The Morgan fingerprint density at radius 2 is 1.47 bits per heavy atom. The summed E-state index contributed by atoms with van der Waals surface area (Å²) in [7, 11) is 3.14. The van der Waals surface area contributed by atoms with Gasteiger partial charge in [-0.3, -0.25) is 14.4 Å². The van der Waals surface area contributed by atoms with Crippen LogP contribution in [0.15, 0.2) is 91.0 Å². The van der Waals surface area contributed by atoms with Crippen molar-refractivity contribution >= 4 is 45.3 Å². The van der Waals surface area contributed by atoms with Gasteiger partial charge in [0, 0.05) is 52.1 Å². The molecule has 1 aliphatic rings. The summed E-state index contributed by atoms with van der Waals surface area (Å²) in [5.41, 5.74) is 4.78. The summed E-state index contributed by atoms with van der Waals surface area (Å²) >= 11 is 0. The van der Waals surface area contributed by atoms with Crippen molar-refractivity contribution in [2.45, 2.75) is 57.5 Å². The summed E-state index contributed by atoms with van der Waals surface area (Å²) in [6, 6.07) is 30.3. The molecular weight excluding hydrogens is 618 g/mol. The highest BCUT2D eigenvalue weighted by Gasteiger charge is 2.38. The molecule has 2 unspecified atom stereocenters. The minimum atomic E-state index is -0.322. The first kappa shape index (κ1) is 33.6. The summed E-state index contributed by atoms with van der Waals surface area (Å²) < 4.78 is 18.4. The van der Waals surface area contributed by atoms with E-state index in [2.05, 4.69) is 64.5 Å². The number of carbonyl (C=O) groups is 3. The quantitative estimate of drug-likeness (QED) is 0.104. The number of methoxy groups -OCH3 is 2. The smallest absolute Gasteiger partial charge is 0.307 e. The van der Waals surface area contributed by atoms with E-state index in [1.807, 2.05) is 23.1 Å². The van der Waals surface area contributed by atoms with Gasteiger partial charge in [0.2, 0.25) is 5.91 Å². The second-order valence-electron chi connectivity index (χ2n) is 12.3. The third-order valence-electron chi connectivity index (χ3n) is 9.34. The van der Waals surface area contributed by atoms with Gasteiger partial charge < -0.3 is 29.0 Å². The van der Waals surface area contributed by atoms with E-state index in [1.54, 1.807) is 39.3 Å². The summed E-state index contributed by atoms with van der Waals surface area (Å²) in [6.07, 6.45) is 3.29. The Bertz CT molecular complexity index is 1910. The van der Waals surface area contributed by atoms with E-state index >= 15 is 0 Å². The fraction of sp³-hybridized carbons (Fsp3) is 0.325. The van der Waals surface area contributed by atoms with E-state index in [9.17, 15) is 14.4 Å². The lowest BCUT2D eigenvalue weighted by molar-refractivity contribution is -0.143. The minimum Gasteiger partial charge on any atom is -0.493 e. The molecule has 0 spiro atoms. The molecule has 2 atom stereocenters. The molecule has 2 amide bonds. The lowest BCUT2D eigenvalue weighted by Gasteiger charge is -2.42. The number of benzene rings is 4. The number of nitrogens with zero attached hydrogens (tertiary/aromatic N) is 2. The molecule has 6 rings (SSSR count). The van der Waals surface area contributed by atoms with Crippen LogP contribution >= 0.6 is 0 Å². The van der Waals surface area contributed by atoms with Crippen LogP contribution < -0.4 is 19.7 Å². The molecule has 4 aromatic carbocycles. The Morgan fingerprint density at radius 1 is 0.796 bits per heavy atom. The van der Waals surface area contributed by atoms with Crippen LogP contribution in [-0.2, 0) is 14.3 Å². The van der Waals surface area contributed by atoms with Crippen LogP contribution in [0.1, 0.15) is 67.4 Å². The van der Waals surface area contributed by atoms with E-state index in [0.717, 1.165) is 28.7 Å². The van der Waals surface area contributed by atoms with Crippen molar-refractivity contribution in [2.24, 2.45) is 0 Å². The van der Waals surface area contributed by atoms with E-state index in [1.165, 1.54) is 10.8 Å². The highest BCUT2D eigenvalue weighted by Crippen LogP contribution is 2.45. The highest BCUT2D eigenvalue weighted by molar-refractivity contribution is 6.09. The van der Waals surface area contributed by atoms with Gasteiger partial charge in [-0.05, 0) is 68.1 Å². The number of fused-ring (bicyclic) bond motifs is 4. The molecule has 49 heavy (non-hydrogen) atoms. The first-order chi connectivity index (χ1) is 23.9. The first-order valence-corrected chi connectivity index (χ1v) is 17.0. The molecule has 1 aliphatic heterocycles. The maximum atomic E-state index is 14.5. The van der Waals surface area contributed by atoms with Gasteiger partial charge in [0.1, 0.15) is 0 Å². The fourth-order valence-electron chi connectivity index (χ4n) is 7.13. The highest BCUT2D eigenvalue weighted by atomic mass is 16.5. The van der Waals surface area contributed by atoms with Crippen molar-refractivity contribution in [1.29, 1.82) is 0 Å². The van der Waals surface area contributed by atoms with Gasteiger partial charge in [-0.1, -0.05) is 61.0 Å². The van der Waals surface area contributed by atoms with Crippen LogP contribution in [0.5, 0.6) is 11.5 Å². The maximum Gasteiger partial charge on any atom is 0.307 e. The number of amides is 2. The number of ether oxygens (including phenoxy) is 3. The van der Waals surface area contributed by atoms with Crippen molar-refractivity contribution in [2.75, 3.05) is 32.3 Å². The summed E-state index contributed by atoms with van der Waals surface area (Å²) in [5.74, 6) is 0.516. The molecule has 0 bridgehead atoms. The number of anilines is 1. The average Bonchev–Trinajstić information content (AvgIpc) is 3.46. The SMILES string of the molecule is CCOC(=O)CCNC(=O)CCCCC1CC(n2c3ccccc3c3ccccc32)c2ccccc2N1C(=O)c1ccc(OC)c(OC)c1. The molecule has 0 saturated carbocycles. The second-order valence-corrected chi connectivity index (χ2v) is 12.3. The van der Waals surface area contributed by atoms with Crippen molar-refractivity contribution < 1.29 is 28.6 Å². The Labute approximate surface area is 286 Å². The number of unbranched alkanes of at least 4 members (excludes halogenated alkanes) is 1. The lowest BCUT2D eigenvalue weighted by atomic mass is 9.87. The molecule has 9 heteroatoms. The molecule has 254 valence electrons. The topological polar surface area (TPSA) is 99.1 Å². The number of rotatable bonds is 13. The number of hydrogen-bond acceptors (Lipinski definition) is 6. The Hall–Kier alpha value is -5.31. The molecule has 5 aromatic rings. The van der Waals surface area contributed by atoms with Gasteiger partial charge in [0.05, 0.1) is 33.3 Å². The first-order valence-electron chi connectivity index (χ1n) is 17.0. The summed E-state index contributed by atoms with van der Waals surface area (Å²) in [6.45, 7) is 2.34. The van der Waals surface area contributed by atoms with E-state index < -0.39 is 0 Å². The fourth-order valence-corrected chi connectivity index (χ4v) is 7.13. The van der Waals surface area contributed by atoms with Crippen LogP contribution in [-0.4, -0.2) is 55.8 Å². The second kappa shape index (κ2) is 15.3. The van der Waals surface area contributed by atoms with Crippen LogP contribution in [0.3, 0.4) is 0 Å². The number of aromatic nitrogens is 1. The maximum absolute atomic E-state index is 14.5. The molecule has 0 aliphatic carbocycles. The molecule has 0 saturated heterocycles. The summed E-state index contributed by atoms with van der Waals surface area (Å²) in [5, 5.41) is 5.22. The van der Waals surface area contributed by atoms with Gasteiger partial charge >= 0.3 is 5.97 Å². The lowest BCUT2D eigenvalue weighted by Crippen LogP contribution is -2.46. The van der Waals surface area contributed by atoms with E-state index in [-0.39, 0.29) is 42.8 Å². The number of nitrogens with one attached hydrogen (secondary N) is 1. The standard InChI is InChI=1S/C40H43N3O6/c1-4-49-39(45)23-24-41-38(44)20-12-5-13-28-26-35(43-32-17-9-6-14-29(32)30-15-7-10-18-33(30)43)31-16-8-11-19-34(31)42(28)40(46)27-21-22-36(47-2)37(25-27)48-3/h6-11,14-19,21-22,25,28,35H,4-5,12-13,20,23-24,26H2,1-3H3,(H,41,44). The van der Waals surface area contributed by atoms with Gasteiger partial charge in [0.15, 0.2) is 11.5 Å². The molecule has 1 N–H and O–H groups in total. The minimum absolute atomic E-state index is 0.0216. The molecule has 9 nitrogen and oxygen atoms in total. The van der Waals surface area contributed by atoms with Crippen LogP contribution in [0.2, 0.25) is 0 Å². The van der Waals surface area contributed by atoms with Crippen molar-refractivity contribution in [3.8, 4) is 11.5 Å². The molecule has 0 radical (unpaired) electrons. The van der Waals surface area contributed by atoms with Crippen LogP contribution in [0, 0.1) is 0 Å². The third-order valence-corrected chi connectivity index (χ3v) is 9.34. The van der Waals surface area contributed by atoms with Gasteiger partial charge in [-0.2, -0.15) is 0 Å². The van der Waals surface area contributed by atoms with E-state index in [0.29, 0.717) is 49.4 Å². The van der Waals surface area contributed by atoms with Crippen molar-refractivity contribution in [3.05, 3.63) is 102 Å². The third kappa shape index (κ3) is 6.97. The predicted molar refractivity (Wildman–Crippen MR) is 192 cm³/mol. The zero-order valence-electron chi connectivity index (χ0n) is 28.3. The van der Waals surface area contributed by atoms with Gasteiger partial charge in [-0.15, -0.1) is 0 Å². The van der Waals surface area contributed by atoms with E-state index in [4.69, 9.17) is 14.2 Å². The van der Waals surface area contributed by atoms with Gasteiger partial charge in [0.25, 0.3) is 5.91 Å². The van der Waals surface area contributed by atoms with Gasteiger partial charge in [-0.25, -0.2) is 0 Å². The zero-order valence-corrected chi connectivity index (χ0v) is 28.3. The number of carbonyl (C=O) groups excluding carboxylic acids is 3. The largest absolute Gasteiger partial charge is 0.493 e. The Balaban J connectivity index is 1.32. The predicted octanol–water partition coefficient (Wildman–Crippen LogP) is 7.45.